The van der Waals surface area contributed by atoms with Crippen LogP contribution in [0.25, 0.3) is 21.3 Å². The van der Waals surface area contributed by atoms with Crippen molar-refractivity contribution in [2.45, 2.75) is 33.2 Å². The van der Waals surface area contributed by atoms with Gasteiger partial charge in [0.1, 0.15) is 22.5 Å². The number of aryl methyl sites for hydroxylation is 2. The summed E-state index contributed by atoms with van der Waals surface area (Å²) >= 11 is 1.53. The fourth-order valence-corrected chi connectivity index (χ4v) is 3.54. The molecular weight excluding hydrogens is 322 g/mol. The first-order chi connectivity index (χ1) is 11.3. The predicted octanol–water partition coefficient (Wildman–Crippen LogP) is 4.25. The number of carboxylic acids is 1. The lowest BCUT2D eigenvalue weighted by Gasteiger charge is -2.22. The summed E-state index contributed by atoms with van der Waals surface area (Å²) in [7, 11) is 0. The van der Waals surface area contributed by atoms with Gasteiger partial charge < -0.3 is 10.4 Å². The van der Waals surface area contributed by atoms with Gasteiger partial charge in [-0.15, -0.1) is 11.3 Å². The van der Waals surface area contributed by atoms with Gasteiger partial charge >= 0.3 is 5.97 Å². The molecule has 5 nitrogen and oxygen atoms in total. The van der Waals surface area contributed by atoms with E-state index in [-0.39, 0.29) is 0 Å². The molecule has 2 N–H and O–H groups in total. The van der Waals surface area contributed by atoms with Crippen molar-refractivity contribution in [3.63, 3.8) is 0 Å². The summed E-state index contributed by atoms with van der Waals surface area (Å²) in [5, 5.41) is 15.3. The van der Waals surface area contributed by atoms with Gasteiger partial charge in [0.25, 0.3) is 0 Å². The van der Waals surface area contributed by atoms with Crippen LogP contribution in [0.5, 0.6) is 0 Å². The Morgan fingerprint density at radius 3 is 2.62 bits per heavy atom. The fraction of sp³-hybridized carbons (Fsp3) is 0.278. The van der Waals surface area contributed by atoms with Gasteiger partial charge in [-0.3, -0.25) is 0 Å². The van der Waals surface area contributed by atoms with E-state index in [4.69, 9.17) is 0 Å². The number of rotatable bonds is 4. The molecule has 2 heterocycles. The highest BCUT2D eigenvalue weighted by Gasteiger charge is 2.28. The Hall–Kier alpha value is -2.47. The molecule has 0 aliphatic rings. The third-order valence-corrected chi connectivity index (χ3v) is 4.89. The molecular formula is C18H19N3O2S. The van der Waals surface area contributed by atoms with Gasteiger partial charge in [0, 0.05) is 10.9 Å². The normalized spacial score (nSPS) is 11.7. The standard InChI is InChI=1S/C18H19N3O2S/c1-10-5-6-12(11(2)7-10)13-8-24-16-14(13)15(19-9-20-16)21-18(3,4)17(22)23/h5-9H,1-4H3,(H,22,23)(H,19,20,21). The number of carbonyl (C=O) groups is 1. The first kappa shape index (κ1) is 16.4. The largest absolute Gasteiger partial charge is 0.480 e. The first-order valence-electron chi connectivity index (χ1n) is 7.61. The predicted molar refractivity (Wildman–Crippen MR) is 97.7 cm³/mol. The van der Waals surface area contributed by atoms with E-state index in [1.807, 2.05) is 0 Å². The van der Waals surface area contributed by atoms with Crippen LogP contribution in [0.15, 0.2) is 29.9 Å². The Kier molecular flexibility index (Phi) is 4.01. The molecule has 0 bridgehead atoms. The van der Waals surface area contributed by atoms with Gasteiger partial charge in [-0.05, 0) is 38.8 Å². The average molecular weight is 341 g/mol. The summed E-state index contributed by atoms with van der Waals surface area (Å²) < 4.78 is 0. The van der Waals surface area contributed by atoms with Gasteiger partial charge in [0.05, 0.1) is 5.39 Å². The molecule has 2 aromatic heterocycles. The summed E-state index contributed by atoms with van der Waals surface area (Å²) in [6.07, 6.45) is 1.46. The average Bonchev–Trinajstić information content (AvgIpc) is 2.92. The highest BCUT2D eigenvalue weighted by atomic mass is 32.1. The molecule has 124 valence electrons. The second-order valence-corrected chi connectivity index (χ2v) is 7.28. The van der Waals surface area contributed by atoms with Crippen LogP contribution < -0.4 is 5.32 Å². The minimum atomic E-state index is -1.12. The summed E-state index contributed by atoms with van der Waals surface area (Å²) in [6, 6.07) is 6.30. The first-order valence-corrected chi connectivity index (χ1v) is 8.49. The van der Waals surface area contributed by atoms with Crippen molar-refractivity contribution >= 4 is 33.3 Å². The van der Waals surface area contributed by atoms with Crippen LogP contribution >= 0.6 is 11.3 Å². The minimum absolute atomic E-state index is 0.545. The molecule has 0 spiro atoms. The topological polar surface area (TPSA) is 75.1 Å². The molecule has 0 fully saturated rings. The van der Waals surface area contributed by atoms with E-state index in [1.54, 1.807) is 13.8 Å². The van der Waals surface area contributed by atoms with E-state index in [1.165, 1.54) is 28.8 Å². The van der Waals surface area contributed by atoms with Crippen molar-refractivity contribution in [3.05, 3.63) is 41.0 Å². The summed E-state index contributed by atoms with van der Waals surface area (Å²) in [5.74, 6) is -0.388. The van der Waals surface area contributed by atoms with Gasteiger partial charge in [-0.2, -0.15) is 0 Å². The van der Waals surface area contributed by atoms with Crippen molar-refractivity contribution in [3.8, 4) is 11.1 Å². The van der Waals surface area contributed by atoms with Crippen molar-refractivity contribution in [1.29, 1.82) is 0 Å². The third-order valence-electron chi connectivity index (χ3n) is 4.01. The highest BCUT2D eigenvalue weighted by Crippen LogP contribution is 2.38. The Morgan fingerprint density at radius 2 is 1.96 bits per heavy atom. The van der Waals surface area contributed by atoms with Crippen molar-refractivity contribution in [2.75, 3.05) is 5.32 Å². The number of aliphatic carboxylic acids is 1. The summed E-state index contributed by atoms with van der Waals surface area (Å²) in [6.45, 7) is 7.37. The number of carboxylic acid groups (broad SMARTS) is 1. The maximum absolute atomic E-state index is 11.4. The van der Waals surface area contributed by atoms with Crippen LogP contribution in [0.1, 0.15) is 25.0 Å². The van der Waals surface area contributed by atoms with Gasteiger partial charge in [0.2, 0.25) is 0 Å². The van der Waals surface area contributed by atoms with Crippen molar-refractivity contribution < 1.29 is 9.90 Å². The Balaban J connectivity index is 2.19. The highest BCUT2D eigenvalue weighted by molar-refractivity contribution is 7.17. The molecule has 0 aliphatic heterocycles. The lowest BCUT2D eigenvalue weighted by Crippen LogP contribution is -2.40. The maximum Gasteiger partial charge on any atom is 0.328 e. The zero-order valence-electron chi connectivity index (χ0n) is 14.0. The number of hydrogen-bond acceptors (Lipinski definition) is 5. The molecule has 3 rings (SSSR count). The Labute approximate surface area is 144 Å². The number of thiophene rings is 1. The Bertz CT molecular complexity index is 931. The molecule has 0 saturated carbocycles. The molecule has 6 heteroatoms. The number of benzene rings is 1. The number of nitrogens with zero attached hydrogens (tertiary/aromatic N) is 2. The molecule has 0 atom stereocenters. The van der Waals surface area contributed by atoms with E-state index in [0.29, 0.717) is 5.82 Å². The van der Waals surface area contributed by atoms with Crippen LogP contribution in [0.3, 0.4) is 0 Å². The zero-order valence-corrected chi connectivity index (χ0v) is 14.9. The summed E-state index contributed by atoms with van der Waals surface area (Å²) in [5.41, 5.74) is 3.39. The van der Waals surface area contributed by atoms with Crippen molar-refractivity contribution in [2.24, 2.45) is 0 Å². The number of fused-ring (bicyclic) bond motifs is 1. The summed E-state index contributed by atoms with van der Waals surface area (Å²) in [4.78, 5) is 20.9. The number of aromatic nitrogens is 2. The van der Waals surface area contributed by atoms with Crippen LogP contribution in [0.2, 0.25) is 0 Å². The van der Waals surface area contributed by atoms with Gasteiger partial charge in [-0.1, -0.05) is 23.8 Å². The second-order valence-electron chi connectivity index (χ2n) is 6.43. The van der Waals surface area contributed by atoms with E-state index in [9.17, 15) is 9.90 Å². The van der Waals surface area contributed by atoms with E-state index < -0.39 is 11.5 Å². The number of anilines is 1. The minimum Gasteiger partial charge on any atom is -0.480 e. The fourth-order valence-electron chi connectivity index (χ4n) is 2.63. The lowest BCUT2D eigenvalue weighted by atomic mass is 9.98. The Morgan fingerprint density at radius 1 is 1.21 bits per heavy atom. The van der Waals surface area contributed by atoms with Crippen molar-refractivity contribution in [1.82, 2.24) is 9.97 Å². The molecule has 0 aliphatic carbocycles. The smallest absolute Gasteiger partial charge is 0.328 e. The third kappa shape index (κ3) is 2.85. The zero-order chi connectivity index (χ0) is 17.5. The molecule has 0 unspecified atom stereocenters. The lowest BCUT2D eigenvalue weighted by molar-refractivity contribution is -0.141. The van der Waals surface area contributed by atoms with E-state index in [0.717, 1.165) is 21.3 Å². The molecule has 0 radical (unpaired) electrons. The molecule has 24 heavy (non-hydrogen) atoms. The molecule has 1 aromatic carbocycles. The quantitative estimate of drug-likeness (QED) is 0.742. The monoisotopic (exact) mass is 341 g/mol. The van der Waals surface area contributed by atoms with E-state index in [2.05, 4.69) is 52.7 Å². The number of nitrogens with one attached hydrogen (secondary N) is 1. The van der Waals surface area contributed by atoms with Gasteiger partial charge in [-0.25, -0.2) is 14.8 Å². The molecule has 3 aromatic rings. The van der Waals surface area contributed by atoms with Gasteiger partial charge in [0.15, 0.2) is 0 Å². The second kappa shape index (κ2) is 5.87. The van der Waals surface area contributed by atoms with E-state index >= 15 is 0 Å². The van der Waals surface area contributed by atoms with Crippen LogP contribution in [0, 0.1) is 13.8 Å². The number of hydrogen-bond donors (Lipinski definition) is 2. The maximum atomic E-state index is 11.4. The van der Waals surface area contributed by atoms with Crippen LogP contribution in [0.4, 0.5) is 5.82 Å². The molecule has 0 saturated heterocycles. The SMILES string of the molecule is Cc1ccc(-c2csc3ncnc(NC(C)(C)C(=O)O)c23)c(C)c1. The molecule has 0 amide bonds. The van der Waals surface area contributed by atoms with Crippen LogP contribution in [-0.2, 0) is 4.79 Å². The van der Waals surface area contributed by atoms with Crippen LogP contribution in [-0.4, -0.2) is 26.6 Å².